The molecule has 1 atom stereocenters. The van der Waals surface area contributed by atoms with Crippen molar-refractivity contribution in [2.75, 3.05) is 18.9 Å². The Morgan fingerprint density at radius 3 is 2.22 bits per heavy atom. The van der Waals surface area contributed by atoms with E-state index in [2.05, 4.69) is 25.1 Å². The molecule has 13 nitrogen and oxygen atoms in total. The highest BCUT2D eigenvalue weighted by Gasteiger charge is 2.27. The summed E-state index contributed by atoms with van der Waals surface area (Å²) in [4.78, 5) is 33.3. The molecule has 2 aromatic heterocycles. The molecule has 51 heavy (non-hydrogen) atoms. The van der Waals surface area contributed by atoms with Crippen LogP contribution in [0, 0.1) is 11.6 Å². The average molecular weight is 715 g/mol. The molecule has 0 radical (unpaired) electrons. The van der Waals surface area contributed by atoms with Crippen LogP contribution in [0.1, 0.15) is 15.9 Å². The molecule has 1 amide bonds. The summed E-state index contributed by atoms with van der Waals surface area (Å²) in [6, 6.07) is 15.5. The number of hydrogen-bond acceptors (Lipinski definition) is 9. The number of fused-ring (bicyclic) bond motifs is 1. The first-order valence-corrected chi connectivity index (χ1v) is 16.6. The number of rotatable bonds is 12. The Bertz CT molecular complexity index is 2330. The lowest BCUT2D eigenvalue weighted by molar-refractivity contribution is -0.139. The maximum absolute atomic E-state index is 15.2. The van der Waals surface area contributed by atoms with Gasteiger partial charge in [0.15, 0.2) is 0 Å². The molecule has 16 heteroatoms. The smallest absolute Gasteiger partial charge is 0.326 e. The van der Waals surface area contributed by atoms with Crippen LogP contribution in [0.5, 0.6) is 11.5 Å². The van der Waals surface area contributed by atoms with E-state index in [-0.39, 0.29) is 11.3 Å². The second kappa shape index (κ2) is 14.2. The van der Waals surface area contributed by atoms with E-state index in [0.717, 1.165) is 0 Å². The van der Waals surface area contributed by atoms with E-state index in [9.17, 15) is 23.1 Å². The molecule has 6 rings (SSSR count). The molecular formula is C35H28F2N6O7S. The number of pyridine rings is 1. The molecule has 4 aromatic carbocycles. The quantitative estimate of drug-likeness (QED) is 0.156. The molecule has 0 saturated carbocycles. The first-order chi connectivity index (χ1) is 24.5. The average Bonchev–Trinajstić information content (AvgIpc) is 3.66. The molecule has 0 bridgehead atoms. The van der Waals surface area contributed by atoms with Gasteiger partial charge in [0.2, 0.25) is 0 Å². The van der Waals surface area contributed by atoms with Crippen LogP contribution in [0.3, 0.4) is 0 Å². The summed E-state index contributed by atoms with van der Waals surface area (Å²) in [6.45, 7) is 0. The summed E-state index contributed by atoms with van der Waals surface area (Å²) < 4.78 is 71.0. The first-order valence-electron chi connectivity index (χ1n) is 15.1. The maximum Gasteiger partial charge on any atom is 0.326 e. The minimum Gasteiger partial charge on any atom is -0.496 e. The number of sulfonamides is 1. The topological polar surface area (TPSA) is 175 Å². The number of carboxylic acid groups (broad SMARTS) is 1. The summed E-state index contributed by atoms with van der Waals surface area (Å²) in [5.74, 6) is -4.57. The monoisotopic (exact) mass is 714 g/mol. The molecule has 3 N–H and O–H groups in total. The predicted octanol–water partition coefficient (Wildman–Crippen LogP) is 5.00. The van der Waals surface area contributed by atoms with Crippen molar-refractivity contribution in [3.05, 3.63) is 121 Å². The van der Waals surface area contributed by atoms with Crippen molar-refractivity contribution in [1.29, 1.82) is 0 Å². The summed E-state index contributed by atoms with van der Waals surface area (Å²) in [6.07, 6.45) is 5.59. The predicted molar refractivity (Wildman–Crippen MR) is 181 cm³/mol. The van der Waals surface area contributed by atoms with E-state index in [4.69, 9.17) is 9.47 Å². The van der Waals surface area contributed by atoms with Crippen LogP contribution in [0.4, 0.5) is 14.5 Å². The third-order valence-electron chi connectivity index (χ3n) is 7.98. The zero-order chi connectivity index (χ0) is 36.3. The molecule has 0 unspecified atom stereocenters. The standard InChI is InChI=1S/C35H28F2N6O7S/c1-49-30-4-3-5-31(50-2)32(30)25-11-6-20(24-12-13-38-17-26(24)25)14-29(35(45)46)41-34(44)33-27(36)15-21(16-28(33)37)42-51(47,48)23-9-7-22(8-10-23)43-19-39-18-40-43/h3-13,15-19,29,42H,14H2,1-2H3,(H,41,44)(H,45,46)/t29-/m0/s1. The Kier molecular flexibility index (Phi) is 9.59. The van der Waals surface area contributed by atoms with Gasteiger partial charge in [-0.15, -0.1) is 0 Å². The summed E-state index contributed by atoms with van der Waals surface area (Å²) in [5.41, 5.74) is 0.772. The van der Waals surface area contributed by atoms with Crippen LogP contribution < -0.4 is 19.5 Å². The fraction of sp³-hybridized carbons (Fsp3) is 0.114. The number of nitrogens with one attached hydrogen (secondary N) is 2. The number of carbonyl (C=O) groups is 2. The number of carboxylic acids is 1. The Labute approximate surface area is 289 Å². The van der Waals surface area contributed by atoms with Crippen molar-refractivity contribution in [2.45, 2.75) is 17.4 Å². The molecule has 260 valence electrons. The summed E-state index contributed by atoms with van der Waals surface area (Å²) in [7, 11) is -1.26. The minimum absolute atomic E-state index is 0.211. The van der Waals surface area contributed by atoms with Crippen molar-refractivity contribution >= 4 is 38.4 Å². The fourth-order valence-corrected chi connectivity index (χ4v) is 6.64. The molecule has 0 aliphatic rings. The molecule has 6 aromatic rings. The van der Waals surface area contributed by atoms with Gasteiger partial charge in [-0.1, -0.05) is 18.2 Å². The molecule has 0 saturated heterocycles. The first kappa shape index (κ1) is 34.4. The van der Waals surface area contributed by atoms with E-state index >= 15 is 8.78 Å². The van der Waals surface area contributed by atoms with Gasteiger partial charge in [-0.3, -0.25) is 14.5 Å². The van der Waals surface area contributed by atoms with Gasteiger partial charge >= 0.3 is 5.97 Å². The number of halogens is 2. The highest BCUT2D eigenvalue weighted by Crippen LogP contribution is 2.42. The number of nitrogens with zero attached hydrogens (tertiary/aromatic N) is 4. The Hall–Kier alpha value is -6.42. The van der Waals surface area contributed by atoms with Crippen LogP contribution in [0.25, 0.3) is 27.6 Å². The van der Waals surface area contributed by atoms with E-state index < -0.39 is 50.8 Å². The van der Waals surface area contributed by atoms with Crippen LogP contribution in [-0.4, -0.2) is 65.4 Å². The fourth-order valence-electron chi connectivity index (χ4n) is 5.60. The van der Waals surface area contributed by atoms with E-state index in [0.29, 0.717) is 56.8 Å². The van der Waals surface area contributed by atoms with Crippen molar-refractivity contribution in [2.24, 2.45) is 0 Å². The molecule has 2 heterocycles. The van der Waals surface area contributed by atoms with Crippen molar-refractivity contribution in [3.8, 4) is 28.3 Å². The number of methoxy groups -OCH3 is 2. The van der Waals surface area contributed by atoms with Gasteiger partial charge in [-0.25, -0.2) is 31.7 Å². The Morgan fingerprint density at radius 2 is 1.61 bits per heavy atom. The number of carbonyl (C=O) groups excluding carboxylic acids is 1. The minimum atomic E-state index is -4.30. The van der Waals surface area contributed by atoms with Gasteiger partial charge in [0.1, 0.15) is 47.4 Å². The number of benzene rings is 4. The lowest BCUT2D eigenvalue weighted by Gasteiger charge is -2.19. The number of anilines is 1. The van der Waals surface area contributed by atoms with Crippen molar-refractivity contribution < 1.29 is 41.4 Å². The lowest BCUT2D eigenvalue weighted by atomic mass is 9.92. The third kappa shape index (κ3) is 7.02. The normalized spacial score (nSPS) is 11.9. The molecule has 0 aliphatic carbocycles. The highest BCUT2D eigenvalue weighted by atomic mass is 32.2. The number of aliphatic carboxylic acids is 1. The third-order valence-corrected chi connectivity index (χ3v) is 9.38. The molecule has 0 spiro atoms. The summed E-state index contributed by atoms with van der Waals surface area (Å²) >= 11 is 0. The highest BCUT2D eigenvalue weighted by molar-refractivity contribution is 7.92. The van der Waals surface area contributed by atoms with Gasteiger partial charge in [0, 0.05) is 24.2 Å². The van der Waals surface area contributed by atoms with Gasteiger partial charge in [-0.05, 0) is 71.1 Å². The molecule has 0 aliphatic heterocycles. The lowest BCUT2D eigenvalue weighted by Crippen LogP contribution is -2.43. The van der Waals surface area contributed by atoms with Gasteiger partial charge in [0.05, 0.1) is 36.1 Å². The SMILES string of the molecule is COc1cccc(OC)c1-c1ccc(C[C@H](NC(=O)c2c(F)cc(NS(=O)(=O)c3ccc(-n4cncn4)cc3)cc2F)C(=O)O)c2ccncc12. The Balaban J connectivity index is 1.23. The second-order valence-corrected chi connectivity index (χ2v) is 12.7. The maximum atomic E-state index is 15.2. The number of amides is 1. The van der Waals surface area contributed by atoms with Crippen LogP contribution in [0.2, 0.25) is 0 Å². The second-order valence-electron chi connectivity index (χ2n) is 11.1. The zero-order valence-corrected chi connectivity index (χ0v) is 27.7. The van der Waals surface area contributed by atoms with Crippen molar-refractivity contribution in [3.63, 3.8) is 0 Å². The van der Waals surface area contributed by atoms with Crippen molar-refractivity contribution in [1.82, 2.24) is 25.1 Å². The Morgan fingerprint density at radius 1 is 0.922 bits per heavy atom. The van der Waals surface area contributed by atoms with Gasteiger partial charge in [-0.2, -0.15) is 5.10 Å². The van der Waals surface area contributed by atoms with E-state index in [1.54, 1.807) is 42.6 Å². The molecular weight excluding hydrogens is 686 g/mol. The van der Waals surface area contributed by atoms with E-state index in [1.165, 1.54) is 62.0 Å². The molecule has 0 fully saturated rings. The van der Waals surface area contributed by atoms with Gasteiger partial charge in [0.25, 0.3) is 15.9 Å². The van der Waals surface area contributed by atoms with Crippen LogP contribution >= 0.6 is 0 Å². The van der Waals surface area contributed by atoms with Gasteiger partial charge < -0.3 is 19.9 Å². The number of hydrogen-bond donors (Lipinski definition) is 3. The van der Waals surface area contributed by atoms with Crippen LogP contribution in [-0.2, 0) is 21.2 Å². The number of aromatic nitrogens is 4. The zero-order valence-electron chi connectivity index (χ0n) is 26.9. The van der Waals surface area contributed by atoms with E-state index in [1.807, 2.05) is 0 Å². The number of ether oxygens (including phenoxy) is 2. The largest absolute Gasteiger partial charge is 0.496 e. The van der Waals surface area contributed by atoms with Crippen LogP contribution in [0.15, 0.2) is 103 Å². The summed E-state index contributed by atoms with van der Waals surface area (Å²) in [5, 5.41) is 17.4.